The van der Waals surface area contributed by atoms with E-state index in [9.17, 15) is 4.79 Å². The van der Waals surface area contributed by atoms with Crippen LogP contribution in [0.4, 0.5) is 0 Å². The second-order valence-corrected chi connectivity index (χ2v) is 4.36. The topological polar surface area (TPSA) is 26.3 Å². The van der Waals surface area contributed by atoms with Gasteiger partial charge in [-0.3, -0.25) is 4.79 Å². The SMILES string of the molecule is COC1(C(=O)C2=CCCCC2)CCC1. The number of allylic oxidation sites excluding steroid dienone is 1. The van der Waals surface area contributed by atoms with Crippen LogP contribution in [0.2, 0.25) is 0 Å². The molecule has 0 amide bonds. The van der Waals surface area contributed by atoms with E-state index >= 15 is 0 Å². The van der Waals surface area contributed by atoms with Crippen molar-refractivity contribution in [1.82, 2.24) is 0 Å². The van der Waals surface area contributed by atoms with E-state index < -0.39 is 5.60 Å². The molecular formula is C12H18O2. The van der Waals surface area contributed by atoms with E-state index in [2.05, 4.69) is 6.08 Å². The monoisotopic (exact) mass is 194 g/mol. The molecule has 0 unspecified atom stereocenters. The lowest BCUT2D eigenvalue weighted by molar-refractivity contribution is -0.147. The standard InChI is InChI=1S/C12H18O2/c1-14-12(8-5-9-12)11(13)10-6-3-2-4-7-10/h6H,2-5,7-9H2,1H3. The zero-order valence-corrected chi connectivity index (χ0v) is 8.84. The lowest BCUT2D eigenvalue weighted by Gasteiger charge is -2.39. The number of hydrogen-bond donors (Lipinski definition) is 0. The Morgan fingerprint density at radius 1 is 1.36 bits per heavy atom. The molecule has 14 heavy (non-hydrogen) atoms. The Labute approximate surface area is 85.3 Å². The zero-order chi connectivity index (χ0) is 10.0. The highest BCUT2D eigenvalue weighted by Crippen LogP contribution is 2.39. The van der Waals surface area contributed by atoms with Gasteiger partial charge in [0.2, 0.25) is 0 Å². The second-order valence-electron chi connectivity index (χ2n) is 4.36. The summed E-state index contributed by atoms with van der Waals surface area (Å²) in [5.74, 6) is 0.269. The number of hydrogen-bond acceptors (Lipinski definition) is 2. The van der Waals surface area contributed by atoms with Crippen LogP contribution in [0.5, 0.6) is 0 Å². The van der Waals surface area contributed by atoms with Gasteiger partial charge in [0.1, 0.15) is 5.60 Å². The predicted octanol–water partition coefficient (Wildman–Crippen LogP) is 2.63. The van der Waals surface area contributed by atoms with Crippen LogP contribution in [0.15, 0.2) is 11.6 Å². The fourth-order valence-electron chi connectivity index (χ4n) is 2.36. The van der Waals surface area contributed by atoms with Crippen molar-refractivity contribution in [2.45, 2.75) is 50.5 Å². The van der Waals surface area contributed by atoms with Crippen LogP contribution in [-0.4, -0.2) is 18.5 Å². The van der Waals surface area contributed by atoms with Crippen LogP contribution < -0.4 is 0 Å². The first-order chi connectivity index (χ1) is 6.78. The van der Waals surface area contributed by atoms with Gasteiger partial charge in [-0.25, -0.2) is 0 Å². The van der Waals surface area contributed by atoms with Crippen LogP contribution in [0, 0.1) is 0 Å². The highest BCUT2D eigenvalue weighted by atomic mass is 16.5. The first-order valence-corrected chi connectivity index (χ1v) is 5.57. The van der Waals surface area contributed by atoms with Crippen LogP contribution >= 0.6 is 0 Å². The molecule has 0 radical (unpaired) electrons. The molecule has 0 saturated heterocycles. The Bertz CT molecular complexity index is 256. The lowest BCUT2D eigenvalue weighted by Crippen LogP contribution is -2.47. The number of ketones is 1. The molecule has 0 aromatic heterocycles. The van der Waals surface area contributed by atoms with Crippen LogP contribution in [0.25, 0.3) is 0 Å². The van der Waals surface area contributed by atoms with Gasteiger partial charge < -0.3 is 4.74 Å². The summed E-state index contributed by atoms with van der Waals surface area (Å²) in [5.41, 5.74) is 0.598. The average molecular weight is 194 g/mol. The average Bonchev–Trinajstić information content (AvgIpc) is 2.18. The van der Waals surface area contributed by atoms with Gasteiger partial charge in [0, 0.05) is 7.11 Å². The quantitative estimate of drug-likeness (QED) is 0.690. The van der Waals surface area contributed by atoms with Crippen molar-refractivity contribution in [3.8, 4) is 0 Å². The number of ether oxygens (including phenoxy) is 1. The summed E-state index contributed by atoms with van der Waals surface area (Å²) in [5, 5.41) is 0. The highest BCUT2D eigenvalue weighted by Gasteiger charge is 2.45. The van der Waals surface area contributed by atoms with E-state index in [4.69, 9.17) is 4.74 Å². The molecular weight excluding hydrogens is 176 g/mol. The first-order valence-electron chi connectivity index (χ1n) is 5.57. The summed E-state index contributed by atoms with van der Waals surface area (Å²) in [4.78, 5) is 12.1. The minimum absolute atomic E-state index is 0.269. The van der Waals surface area contributed by atoms with Crippen molar-refractivity contribution in [2.75, 3.05) is 7.11 Å². The van der Waals surface area contributed by atoms with E-state index in [1.54, 1.807) is 7.11 Å². The van der Waals surface area contributed by atoms with Gasteiger partial charge in [-0.2, -0.15) is 0 Å². The van der Waals surface area contributed by atoms with Gasteiger partial charge in [0.15, 0.2) is 5.78 Å². The molecule has 78 valence electrons. The summed E-state index contributed by atoms with van der Waals surface area (Å²) >= 11 is 0. The molecule has 0 spiro atoms. The summed E-state index contributed by atoms with van der Waals surface area (Å²) in [6.07, 6.45) is 9.51. The number of rotatable bonds is 3. The summed E-state index contributed by atoms with van der Waals surface area (Å²) < 4.78 is 5.40. The van der Waals surface area contributed by atoms with Crippen LogP contribution in [0.1, 0.15) is 44.9 Å². The van der Waals surface area contributed by atoms with Crippen molar-refractivity contribution in [2.24, 2.45) is 0 Å². The number of Topliss-reactive ketones (excluding diaryl/α,β-unsaturated/α-hetero) is 1. The summed E-state index contributed by atoms with van der Waals surface area (Å²) in [6.45, 7) is 0. The number of methoxy groups -OCH3 is 1. The van der Waals surface area contributed by atoms with Gasteiger partial charge in [0.05, 0.1) is 0 Å². The molecule has 0 N–H and O–H groups in total. The van der Waals surface area contributed by atoms with Crippen molar-refractivity contribution < 1.29 is 9.53 Å². The molecule has 2 aliphatic rings. The Morgan fingerprint density at radius 3 is 2.57 bits per heavy atom. The predicted molar refractivity (Wildman–Crippen MR) is 55.1 cm³/mol. The van der Waals surface area contributed by atoms with E-state index in [1.165, 1.54) is 6.42 Å². The van der Waals surface area contributed by atoms with Crippen molar-refractivity contribution in [3.63, 3.8) is 0 Å². The van der Waals surface area contributed by atoms with E-state index in [-0.39, 0.29) is 5.78 Å². The maximum absolute atomic E-state index is 12.1. The van der Waals surface area contributed by atoms with Gasteiger partial charge in [-0.05, 0) is 50.5 Å². The Morgan fingerprint density at radius 2 is 2.14 bits per heavy atom. The number of carbonyl (C=O) groups is 1. The molecule has 2 nitrogen and oxygen atoms in total. The molecule has 2 aliphatic carbocycles. The van der Waals surface area contributed by atoms with Crippen LogP contribution in [-0.2, 0) is 9.53 Å². The van der Waals surface area contributed by atoms with Gasteiger partial charge in [0.25, 0.3) is 0 Å². The van der Waals surface area contributed by atoms with Gasteiger partial charge >= 0.3 is 0 Å². The Kier molecular flexibility index (Phi) is 2.73. The van der Waals surface area contributed by atoms with Crippen molar-refractivity contribution >= 4 is 5.78 Å². The number of carbonyl (C=O) groups excluding carboxylic acids is 1. The molecule has 0 aliphatic heterocycles. The third-order valence-corrected chi connectivity index (χ3v) is 3.55. The molecule has 0 aromatic carbocycles. The minimum atomic E-state index is -0.427. The molecule has 2 rings (SSSR count). The fourth-order valence-corrected chi connectivity index (χ4v) is 2.36. The minimum Gasteiger partial charge on any atom is -0.370 e. The second kappa shape index (κ2) is 3.85. The summed E-state index contributed by atoms with van der Waals surface area (Å²) in [7, 11) is 1.67. The molecule has 0 aromatic rings. The van der Waals surface area contributed by atoms with E-state index in [1.807, 2.05) is 0 Å². The molecule has 2 heteroatoms. The molecule has 1 saturated carbocycles. The maximum Gasteiger partial charge on any atom is 0.190 e. The Balaban J connectivity index is 2.09. The first kappa shape index (κ1) is 9.91. The zero-order valence-electron chi connectivity index (χ0n) is 8.84. The highest BCUT2D eigenvalue weighted by molar-refractivity contribution is 6.02. The maximum atomic E-state index is 12.1. The lowest BCUT2D eigenvalue weighted by atomic mass is 9.73. The molecule has 0 heterocycles. The van der Waals surface area contributed by atoms with Crippen molar-refractivity contribution in [1.29, 1.82) is 0 Å². The van der Waals surface area contributed by atoms with Gasteiger partial charge in [-0.1, -0.05) is 6.08 Å². The third-order valence-electron chi connectivity index (χ3n) is 3.55. The van der Waals surface area contributed by atoms with Crippen LogP contribution in [0.3, 0.4) is 0 Å². The van der Waals surface area contributed by atoms with E-state index in [0.717, 1.165) is 44.1 Å². The normalized spacial score (nSPS) is 25.1. The molecule has 1 fully saturated rings. The van der Waals surface area contributed by atoms with Crippen molar-refractivity contribution in [3.05, 3.63) is 11.6 Å². The largest absolute Gasteiger partial charge is 0.370 e. The molecule has 0 bridgehead atoms. The fraction of sp³-hybridized carbons (Fsp3) is 0.750. The van der Waals surface area contributed by atoms with E-state index in [0.29, 0.717) is 0 Å². The summed E-state index contributed by atoms with van der Waals surface area (Å²) in [6, 6.07) is 0. The van der Waals surface area contributed by atoms with Gasteiger partial charge in [-0.15, -0.1) is 0 Å². The Hall–Kier alpha value is -0.630. The smallest absolute Gasteiger partial charge is 0.190 e. The molecule has 0 atom stereocenters. The third kappa shape index (κ3) is 1.52.